The van der Waals surface area contributed by atoms with Crippen LogP contribution < -0.4 is 5.32 Å². The molecule has 0 bridgehead atoms. The topological polar surface area (TPSA) is 29.9 Å². The van der Waals surface area contributed by atoms with Gasteiger partial charge in [0.25, 0.3) is 0 Å². The van der Waals surface area contributed by atoms with Crippen LogP contribution in [0.3, 0.4) is 0 Å². The molecule has 4 heteroatoms. The molecule has 3 nitrogen and oxygen atoms in total. The van der Waals surface area contributed by atoms with Gasteiger partial charge in [-0.1, -0.05) is 43.6 Å². The van der Waals surface area contributed by atoms with Crippen LogP contribution in [0.5, 0.6) is 0 Å². The molecule has 0 saturated heterocycles. The van der Waals surface area contributed by atoms with Crippen molar-refractivity contribution in [3.63, 3.8) is 0 Å². The Morgan fingerprint density at radius 2 is 2.05 bits per heavy atom. The molecule has 1 heterocycles. The van der Waals surface area contributed by atoms with E-state index in [9.17, 15) is 0 Å². The molecule has 1 atom stereocenters. The van der Waals surface area contributed by atoms with Crippen molar-refractivity contribution in [2.24, 2.45) is 7.05 Å². The highest BCUT2D eigenvalue weighted by Crippen LogP contribution is 2.25. The van der Waals surface area contributed by atoms with Gasteiger partial charge in [0.2, 0.25) is 0 Å². The quantitative estimate of drug-likeness (QED) is 0.840. The molecule has 1 unspecified atom stereocenters. The summed E-state index contributed by atoms with van der Waals surface area (Å²) in [7, 11) is 2.01. The molecule has 1 aromatic carbocycles. The van der Waals surface area contributed by atoms with E-state index in [0.717, 1.165) is 42.1 Å². The van der Waals surface area contributed by atoms with Crippen molar-refractivity contribution in [2.45, 2.75) is 39.2 Å². The first kappa shape index (κ1) is 16.1. The second-order valence-electron chi connectivity index (χ2n) is 5.34. The average molecular weight is 306 g/mol. The molecule has 0 spiro atoms. The van der Waals surface area contributed by atoms with Crippen molar-refractivity contribution in [3.05, 3.63) is 52.3 Å². The zero-order valence-electron chi connectivity index (χ0n) is 13.1. The largest absolute Gasteiger partial charge is 0.310 e. The van der Waals surface area contributed by atoms with Crippen LogP contribution >= 0.6 is 11.6 Å². The first-order valence-electron chi connectivity index (χ1n) is 7.65. The summed E-state index contributed by atoms with van der Waals surface area (Å²) < 4.78 is 1.98. The van der Waals surface area contributed by atoms with Crippen LogP contribution in [0.25, 0.3) is 0 Å². The predicted molar refractivity (Wildman–Crippen MR) is 88.8 cm³/mol. The molecule has 0 aliphatic rings. The summed E-state index contributed by atoms with van der Waals surface area (Å²) in [5, 5.41) is 8.96. The lowest BCUT2D eigenvalue weighted by molar-refractivity contribution is 0.512. The maximum atomic E-state index is 6.37. The minimum Gasteiger partial charge on any atom is -0.310 e. The molecule has 0 aliphatic heterocycles. The molecular formula is C17H24ClN3. The summed E-state index contributed by atoms with van der Waals surface area (Å²) in [6, 6.07) is 10.5. The van der Waals surface area contributed by atoms with E-state index >= 15 is 0 Å². The van der Waals surface area contributed by atoms with Crippen LogP contribution in [0.4, 0.5) is 0 Å². The first-order chi connectivity index (χ1) is 10.2. The van der Waals surface area contributed by atoms with Gasteiger partial charge in [0.1, 0.15) is 0 Å². The Balaban J connectivity index is 2.24. The molecule has 21 heavy (non-hydrogen) atoms. The molecule has 0 saturated carbocycles. The Morgan fingerprint density at radius 1 is 1.29 bits per heavy atom. The number of benzene rings is 1. The van der Waals surface area contributed by atoms with E-state index in [2.05, 4.69) is 36.4 Å². The minimum atomic E-state index is 0.221. The molecular weight excluding hydrogens is 282 g/mol. The van der Waals surface area contributed by atoms with Gasteiger partial charge in [-0.2, -0.15) is 5.10 Å². The Labute approximate surface area is 132 Å². The van der Waals surface area contributed by atoms with Crippen molar-refractivity contribution in [3.8, 4) is 0 Å². The maximum Gasteiger partial charge on any atom is 0.0624 e. The van der Waals surface area contributed by atoms with Crippen LogP contribution in [0.1, 0.15) is 43.3 Å². The number of rotatable bonds is 7. The Bertz CT molecular complexity index is 577. The third-order valence-electron chi connectivity index (χ3n) is 3.72. The van der Waals surface area contributed by atoms with E-state index in [4.69, 9.17) is 11.6 Å². The summed E-state index contributed by atoms with van der Waals surface area (Å²) in [5.74, 6) is 0. The van der Waals surface area contributed by atoms with E-state index in [0.29, 0.717) is 0 Å². The lowest BCUT2D eigenvalue weighted by Gasteiger charge is -2.20. The third kappa shape index (κ3) is 4.08. The number of hydrogen-bond acceptors (Lipinski definition) is 2. The number of halogens is 1. The van der Waals surface area contributed by atoms with Crippen molar-refractivity contribution in [2.75, 3.05) is 6.54 Å². The molecule has 1 aromatic heterocycles. The number of hydrogen-bond donors (Lipinski definition) is 1. The van der Waals surface area contributed by atoms with Crippen molar-refractivity contribution in [1.29, 1.82) is 0 Å². The summed E-state index contributed by atoms with van der Waals surface area (Å²) >= 11 is 6.37. The van der Waals surface area contributed by atoms with Crippen LogP contribution in [-0.4, -0.2) is 16.3 Å². The number of nitrogens with zero attached hydrogens (tertiary/aromatic N) is 2. The molecule has 0 amide bonds. The summed E-state index contributed by atoms with van der Waals surface area (Å²) in [6.45, 7) is 5.29. The number of aryl methyl sites for hydroxylation is 2. The fourth-order valence-corrected chi connectivity index (χ4v) is 2.78. The van der Waals surface area contributed by atoms with Crippen LogP contribution in [-0.2, 0) is 19.9 Å². The van der Waals surface area contributed by atoms with Crippen LogP contribution in [0, 0.1) is 0 Å². The normalized spacial score (nSPS) is 12.6. The van der Waals surface area contributed by atoms with E-state index in [-0.39, 0.29) is 6.04 Å². The maximum absolute atomic E-state index is 6.37. The van der Waals surface area contributed by atoms with Gasteiger partial charge >= 0.3 is 0 Å². The first-order valence-corrected chi connectivity index (χ1v) is 8.03. The van der Waals surface area contributed by atoms with Crippen LogP contribution in [0.15, 0.2) is 30.3 Å². The van der Waals surface area contributed by atoms with E-state index in [1.807, 2.05) is 29.9 Å². The highest BCUT2D eigenvalue weighted by atomic mass is 35.5. The second-order valence-corrected chi connectivity index (χ2v) is 5.74. The van der Waals surface area contributed by atoms with E-state index < -0.39 is 0 Å². The molecule has 2 rings (SSSR count). The van der Waals surface area contributed by atoms with Gasteiger partial charge in [-0.25, -0.2) is 0 Å². The average Bonchev–Trinajstić information content (AvgIpc) is 2.84. The molecule has 114 valence electrons. The fourth-order valence-electron chi connectivity index (χ4n) is 2.51. The fraction of sp³-hybridized carbons (Fsp3) is 0.471. The Hall–Kier alpha value is -1.32. The van der Waals surface area contributed by atoms with E-state index in [1.165, 1.54) is 5.69 Å². The monoisotopic (exact) mass is 305 g/mol. The predicted octanol–water partition coefficient (Wildman–Crippen LogP) is 3.92. The zero-order valence-corrected chi connectivity index (χ0v) is 13.8. The SMILES string of the molecule is CCCNC(Cc1cc(CC)nn1C)c1ccccc1Cl. The minimum absolute atomic E-state index is 0.221. The summed E-state index contributed by atoms with van der Waals surface area (Å²) in [4.78, 5) is 0. The van der Waals surface area contributed by atoms with Gasteiger partial charge in [0, 0.05) is 30.2 Å². The van der Waals surface area contributed by atoms with Gasteiger partial charge in [0.05, 0.1) is 5.69 Å². The summed E-state index contributed by atoms with van der Waals surface area (Å²) in [5.41, 5.74) is 3.54. The van der Waals surface area contributed by atoms with Gasteiger partial charge in [-0.05, 0) is 37.1 Å². The van der Waals surface area contributed by atoms with Gasteiger partial charge < -0.3 is 5.32 Å². The van der Waals surface area contributed by atoms with Crippen molar-refractivity contribution >= 4 is 11.6 Å². The van der Waals surface area contributed by atoms with Crippen LogP contribution in [0.2, 0.25) is 5.02 Å². The second kappa shape index (κ2) is 7.62. The van der Waals surface area contributed by atoms with Crippen molar-refractivity contribution in [1.82, 2.24) is 15.1 Å². The standard InChI is InChI=1S/C17H24ClN3/c1-4-10-19-17(15-8-6-7-9-16(15)18)12-14-11-13(5-2)20-21(14)3/h6-9,11,17,19H,4-5,10,12H2,1-3H3. The lowest BCUT2D eigenvalue weighted by atomic mass is 10.0. The summed E-state index contributed by atoms with van der Waals surface area (Å²) in [6.07, 6.45) is 2.97. The number of nitrogens with one attached hydrogen (secondary N) is 1. The zero-order chi connectivity index (χ0) is 15.2. The van der Waals surface area contributed by atoms with E-state index in [1.54, 1.807) is 0 Å². The molecule has 0 radical (unpaired) electrons. The van der Waals surface area contributed by atoms with Gasteiger partial charge in [0.15, 0.2) is 0 Å². The molecule has 0 aliphatic carbocycles. The lowest BCUT2D eigenvalue weighted by Crippen LogP contribution is -2.25. The van der Waals surface area contributed by atoms with Crippen molar-refractivity contribution < 1.29 is 0 Å². The molecule has 2 aromatic rings. The highest BCUT2D eigenvalue weighted by Gasteiger charge is 2.16. The smallest absolute Gasteiger partial charge is 0.0624 e. The van der Waals surface area contributed by atoms with Gasteiger partial charge in [-0.15, -0.1) is 0 Å². The molecule has 1 N–H and O–H groups in total. The number of aromatic nitrogens is 2. The Morgan fingerprint density at radius 3 is 2.67 bits per heavy atom. The molecule has 0 fully saturated rings. The Kier molecular flexibility index (Phi) is 5.83. The third-order valence-corrected chi connectivity index (χ3v) is 4.07. The van der Waals surface area contributed by atoms with Gasteiger partial charge in [-0.3, -0.25) is 4.68 Å². The highest BCUT2D eigenvalue weighted by molar-refractivity contribution is 6.31.